The first-order valence-corrected chi connectivity index (χ1v) is 7.26. The van der Waals surface area contributed by atoms with Gasteiger partial charge in [-0.3, -0.25) is 9.59 Å². The van der Waals surface area contributed by atoms with Crippen molar-refractivity contribution in [3.8, 4) is 0 Å². The van der Waals surface area contributed by atoms with E-state index in [0.717, 1.165) is 39.0 Å². The molecule has 4 nitrogen and oxygen atoms in total. The van der Waals surface area contributed by atoms with Crippen LogP contribution < -0.4 is 15.8 Å². The predicted molar refractivity (Wildman–Crippen MR) is 81.0 cm³/mol. The number of nitrogens with zero attached hydrogens (tertiary/aromatic N) is 2. The van der Waals surface area contributed by atoms with E-state index in [2.05, 4.69) is 18.7 Å². The average molecular weight is 266 g/mol. The molecule has 0 spiro atoms. The van der Waals surface area contributed by atoms with Crippen molar-refractivity contribution >= 4 is 5.69 Å². The van der Waals surface area contributed by atoms with Gasteiger partial charge in [0.1, 0.15) is 0 Å². The lowest BCUT2D eigenvalue weighted by Gasteiger charge is -2.23. The standard InChI is InChI=1S/C15H26N2O2/c1-5-9-17(6-2)11-8-7-10-16(4)13-12(3)14(18)15(13)19/h5-11H2,1-4H3. The van der Waals surface area contributed by atoms with Crippen LogP contribution in [-0.2, 0) is 0 Å². The molecule has 108 valence electrons. The summed E-state index contributed by atoms with van der Waals surface area (Å²) in [5.41, 5.74) is 0.600. The summed E-state index contributed by atoms with van der Waals surface area (Å²) in [6.07, 6.45) is 3.37. The van der Waals surface area contributed by atoms with Crippen LogP contribution in [0.2, 0.25) is 0 Å². The van der Waals surface area contributed by atoms with Gasteiger partial charge in [0.05, 0.1) is 5.69 Å². The molecular weight excluding hydrogens is 240 g/mol. The van der Waals surface area contributed by atoms with Gasteiger partial charge >= 0.3 is 0 Å². The minimum atomic E-state index is -0.318. The van der Waals surface area contributed by atoms with Crippen LogP contribution in [0.1, 0.15) is 38.7 Å². The Balaban J connectivity index is 2.30. The Bertz CT molecular complexity index is 461. The van der Waals surface area contributed by atoms with Gasteiger partial charge in [0, 0.05) is 19.2 Å². The molecule has 0 unspecified atom stereocenters. The van der Waals surface area contributed by atoms with Crippen LogP contribution in [0.4, 0.5) is 5.69 Å². The Kier molecular flexibility index (Phi) is 6.22. The largest absolute Gasteiger partial charge is 0.371 e. The fourth-order valence-electron chi connectivity index (χ4n) is 2.49. The van der Waals surface area contributed by atoms with Crippen LogP contribution >= 0.6 is 0 Å². The molecule has 0 aromatic heterocycles. The topological polar surface area (TPSA) is 40.6 Å². The summed E-state index contributed by atoms with van der Waals surface area (Å²) in [6.45, 7) is 10.3. The van der Waals surface area contributed by atoms with E-state index in [1.54, 1.807) is 6.92 Å². The Morgan fingerprint density at radius 1 is 0.947 bits per heavy atom. The molecule has 0 radical (unpaired) electrons. The van der Waals surface area contributed by atoms with Gasteiger partial charge in [0.2, 0.25) is 10.9 Å². The molecule has 0 bridgehead atoms. The van der Waals surface area contributed by atoms with E-state index < -0.39 is 0 Å². The van der Waals surface area contributed by atoms with Gasteiger partial charge in [-0.1, -0.05) is 13.8 Å². The first-order chi connectivity index (χ1) is 9.02. The van der Waals surface area contributed by atoms with Gasteiger partial charge in [-0.15, -0.1) is 0 Å². The van der Waals surface area contributed by atoms with Gasteiger partial charge < -0.3 is 9.80 Å². The number of anilines is 1. The van der Waals surface area contributed by atoms with Gasteiger partial charge in [-0.2, -0.15) is 0 Å². The van der Waals surface area contributed by atoms with Crippen LogP contribution in [0.5, 0.6) is 0 Å². The fraction of sp³-hybridized carbons (Fsp3) is 0.733. The Morgan fingerprint density at radius 3 is 2.11 bits per heavy atom. The summed E-state index contributed by atoms with van der Waals surface area (Å²) < 4.78 is 0. The first-order valence-electron chi connectivity index (χ1n) is 7.26. The minimum Gasteiger partial charge on any atom is -0.371 e. The molecule has 19 heavy (non-hydrogen) atoms. The molecule has 0 atom stereocenters. The molecule has 0 saturated heterocycles. The summed E-state index contributed by atoms with van der Waals surface area (Å²) in [6, 6.07) is 0. The summed E-state index contributed by atoms with van der Waals surface area (Å²) in [5.74, 6) is 0. The highest BCUT2D eigenvalue weighted by atomic mass is 16.2. The molecule has 1 aromatic carbocycles. The summed E-state index contributed by atoms with van der Waals surface area (Å²) in [7, 11) is 1.90. The SMILES string of the molecule is CCCN(CC)CCCCN(C)c1c(C)c(=O)c1=O. The van der Waals surface area contributed by atoms with E-state index in [9.17, 15) is 9.59 Å². The lowest BCUT2D eigenvalue weighted by Crippen LogP contribution is -2.41. The molecule has 0 aliphatic rings. The fourth-order valence-corrected chi connectivity index (χ4v) is 2.49. The third-order valence-electron chi connectivity index (χ3n) is 3.70. The predicted octanol–water partition coefficient (Wildman–Crippen LogP) is 1.54. The van der Waals surface area contributed by atoms with Crippen molar-refractivity contribution in [1.29, 1.82) is 0 Å². The molecule has 0 heterocycles. The lowest BCUT2D eigenvalue weighted by atomic mass is 10.1. The van der Waals surface area contributed by atoms with Crippen LogP contribution in [0.3, 0.4) is 0 Å². The zero-order valence-corrected chi connectivity index (χ0v) is 12.7. The highest BCUT2D eigenvalue weighted by Gasteiger charge is 2.19. The van der Waals surface area contributed by atoms with Gasteiger partial charge in [0.25, 0.3) is 0 Å². The molecule has 0 aliphatic heterocycles. The average Bonchev–Trinajstić information content (AvgIpc) is 2.42. The second-order valence-electron chi connectivity index (χ2n) is 5.19. The van der Waals surface area contributed by atoms with Crippen LogP contribution in [-0.4, -0.2) is 38.1 Å². The van der Waals surface area contributed by atoms with Crippen LogP contribution in [0.25, 0.3) is 0 Å². The third-order valence-corrected chi connectivity index (χ3v) is 3.70. The third kappa shape index (κ3) is 3.90. The number of unbranched alkanes of at least 4 members (excludes halogenated alkanes) is 1. The van der Waals surface area contributed by atoms with Crippen molar-refractivity contribution in [1.82, 2.24) is 4.90 Å². The second kappa shape index (κ2) is 7.43. The Morgan fingerprint density at radius 2 is 1.58 bits per heavy atom. The van der Waals surface area contributed by atoms with E-state index >= 15 is 0 Å². The van der Waals surface area contributed by atoms with E-state index in [0.29, 0.717) is 11.3 Å². The van der Waals surface area contributed by atoms with Gasteiger partial charge in [0.15, 0.2) is 0 Å². The van der Waals surface area contributed by atoms with Crippen molar-refractivity contribution in [3.05, 3.63) is 26.0 Å². The Labute approximate surface area is 115 Å². The van der Waals surface area contributed by atoms with Crippen LogP contribution in [0, 0.1) is 6.92 Å². The summed E-state index contributed by atoms with van der Waals surface area (Å²) >= 11 is 0. The maximum absolute atomic E-state index is 11.4. The second-order valence-corrected chi connectivity index (χ2v) is 5.19. The zero-order chi connectivity index (χ0) is 14.4. The lowest BCUT2D eigenvalue weighted by molar-refractivity contribution is 0.283. The quantitative estimate of drug-likeness (QED) is 0.502. The first kappa shape index (κ1) is 15.9. The number of hydrogen-bond acceptors (Lipinski definition) is 4. The molecule has 1 aromatic rings. The van der Waals surface area contributed by atoms with Crippen molar-refractivity contribution in [2.75, 3.05) is 38.1 Å². The zero-order valence-electron chi connectivity index (χ0n) is 12.7. The maximum atomic E-state index is 11.4. The molecule has 0 amide bonds. The summed E-state index contributed by atoms with van der Waals surface area (Å²) in [5, 5.41) is 0. The summed E-state index contributed by atoms with van der Waals surface area (Å²) in [4.78, 5) is 27.0. The molecule has 0 saturated carbocycles. The van der Waals surface area contributed by atoms with Gasteiger partial charge in [-0.05, 0) is 45.8 Å². The molecular formula is C15H26N2O2. The molecule has 0 N–H and O–H groups in total. The normalized spacial score (nSPS) is 11.4. The van der Waals surface area contributed by atoms with E-state index in [1.165, 1.54) is 6.42 Å². The highest BCUT2D eigenvalue weighted by Crippen LogP contribution is 2.12. The van der Waals surface area contributed by atoms with E-state index in [4.69, 9.17) is 0 Å². The molecule has 1 rings (SSSR count). The smallest absolute Gasteiger partial charge is 0.249 e. The number of rotatable bonds is 9. The van der Waals surface area contributed by atoms with Crippen molar-refractivity contribution in [2.24, 2.45) is 0 Å². The molecule has 4 heteroatoms. The molecule has 0 fully saturated rings. The van der Waals surface area contributed by atoms with Crippen LogP contribution in [0.15, 0.2) is 9.59 Å². The monoisotopic (exact) mass is 266 g/mol. The highest BCUT2D eigenvalue weighted by molar-refractivity contribution is 5.57. The van der Waals surface area contributed by atoms with E-state index in [1.807, 2.05) is 11.9 Å². The van der Waals surface area contributed by atoms with E-state index in [-0.39, 0.29) is 10.9 Å². The van der Waals surface area contributed by atoms with Gasteiger partial charge in [-0.25, -0.2) is 0 Å². The maximum Gasteiger partial charge on any atom is 0.249 e. The van der Waals surface area contributed by atoms with Crippen molar-refractivity contribution in [2.45, 2.75) is 40.0 Å². The molecule has 0 aliphatic carbocycles. The number of hydrogen-bond donors (Lipinski definition) is 0. The van der Waals surface area contributed by atoms with Crippen molar-refractivity contribution in [3.63, 3.8) is 0 Å². The van der Waals surface area contributed by atoms with Crippen molar-refractivity contribution < 1.29 is 0 Å². The Hall–Kier alpha value is -1.16. The minimum absolute atomic E-state index is 0.318.